The van der Waals surface area contributed by atoms with E-state index in [1.807, 2.05) is 13.0 Å². The number of phenolic OH excluding ortho intramolecular Hbond substituents is 1. The van der Waals surface area contributed by atoms with Gasteiger partial charge in [0, 0.05) is 5.30 Å². The molecule has 0 fully saturated rings. The summed E-state index contributed by atoms with van der Waals surface area (Å²) < 4.78 is 13.5. The van der Waals surface area contributed by atoms with Gasteiger partial charge in [-0.2, -0.15) is 7.05 Å². The first kappa shape index (κ1) is 22.6. The molecule has 25 heavy (non-hydrogen) atoms. The fourth-order valence-electron chi connectivity index (χ4n) is 2.44. The number of phenols is 1. The van der Waals surface area contributed by atoms with Crippen molar-refractivity contribution in [3.63, 3.8) is 0 Å². The number of benzene rings is 2. The summed E-state index contributed by atoms with van der Waals surface area (Å²) in [5.41, 5.74) is 2.97. The quantitative estimate of drug-likeness (QED) is 0.556. The molecule has 0 amide bonds. The number of rotatable bonds is 4. The van der Waals surface area contributed by atoms with Gasteiger partial charge in [0.2, 0.25) is 0 Å². The molecule has 2 rings (SSSR count). The number of nitrogens with zero attached hydrogens (tertiary/aromatic N) is 1. The first-order valence-corrected chi connectivity index (χ1v) is 11.0. The van der Waals surface area contributed by atoms with E-state index in [1.165, 1.54) is 37.1 Å². The van der Waals surface area contributed by atoms with Gasteiger partial charge >= 0.3 is 28.7 Å². The van der Waals surface area contributed by atoms with Crippen molar-refractivity contribution >= 4 is 28.5 Å². The van der Waals surface area contributed by atoms with Crippen LogP contribution in [-0.4, -0.2) is 12.2 Å². The third-order valence-electron chi connectivity index (χ3n) is 3.83. The zero-order valence-electron chi connectivity index (χ0n) is 15.2. The van der Waals surface area contributed by atoms with Gasteiger partial charge < -0.3 is 10.4 Å². The van der Waals surface area contributed by atoms with Crippen molar-refractivity contribution in [1.29, 1.82) is 0 Å². The topological polar surface area (TPSA) is 34.3 Å². The van der Waals surface area contributed by atoms with E-state index in [0.29, 0.717) is 12.3 Å². The van der Waals surface area contributed by atoms with Crippen molar-refractivity contribution in [2.45, 2.75) is 39.7 Å². The van der Waals surface area contributed by atoms with Crippen molar-refractivity contribution in [1.82, 2.24) is 0 Å². The minimum atomic E-state index is -0.249. The Morgan fingerprint density at radius 3 is 2.36 bits per heavy atom. The second-order valence-corrected chi connectivity index (χ2v) is 8.17. The van der Waals surface area contributed by atoms with Gasteiger partial charge in [0.05, 0.1) is 0 Å². The van der Waals surface area contributed by atoms with Crippen LogP contribution in [0.1, 0.15) is 37.5 Å². The molecule has 0 aliphatic carbocycles. The molecule has 134 valence electrons. The van der Waals surface area contributed by atoms with E-state index in [-0.39, 0.29) is 19.8 Å². The van der Waals surface area contributed by atoms with Crippen LogP contribution in [0.15, 0.2) is 30.3 Å². The zero-order valence-corrected chi connectivity index (χ0v) is 18.6. The molecule has 0 bridgehead atoms. The maximum absolute atomic E-state index is 13.5. The Morgan fingerprint density at radius 1 is 1.16 bits per heavy atom. The number of aromatic hydroxyl groups is 1. The van der Waals surface area contributed by atoms with Gasteiger partial charge in [-0.3, -0.25) is 0 Å². The van der Waals surface area contributed by atoms with E-state index in [1.54, 1.807) is 13.1 Å². The molecule has 1 unspecified atom stereocenters. The molecule has 0 saturated carbocycles. The molecule has 0 aromatic heterocycles. The van der Waals surface area contributed by atoms with Gasteiger partial charge in [-0.15, -0.1) is 6.54 Å². The summed E-state index contributed by atoms with van der Waals surface area (Å²) in [4.78, 5) is 0. The second-order valence-electron chi connectivity index (χ2n) is 6.84. The molecule has 2 aromatic carbocycles. The van der Waals surface area contributed by atoms with Crippen LogP contribution < -0.4 is 10.6 Å². The zero-order chi connectivity index (χ0) is 19.2. The predicted octanol–water partition coefficient (Wildman–Crippen LogP) is 4.96. The van der Waals surface area contributed by atoms with Crippen LogP contribution in [-0.2, 0) is 31.3 Å². The molecule has 2 nitrogen and oxygen atoms in total. The van der Waals surface area contributed by atoms with E-state index in [2.05, 4.69) is 41.5 Å². The van der Waals surface area contributed by atoms with Crippen LogP contribution in [0.4, 0.5) is 4.39 Å². The third-order valence-corrected chi connectivity index (χ3v) is 5.24. The van der Waals surface area contributed by atoms with Gasteiger partial charge in [-0.05, 0) is 47.0 Å². The van der Waals surface area contributed by atoms with Crippen molar-refractivity contribution < 1.29 is 28.9 Å². The minimum absolute atomic E-state index is 0.0159. The molecule has 2 aromatic rings. The average Bonchev–Trinajstić information content (AvgIpc) is 2.55. The van der Waals surface area contributed by atoms with Gasteiger partial charge in [0.25, 0.3) is 0 Å². The summed E-state index contributed by atoms with van der Waals surface area (Å²) in [6.07, 6.45) is 0. The summed E-state index contributed by atoms with van der Waals surface area (Å²) in [6.45, 7) is 8.88. The third kappa shape index (κ3) is 6.34. The first-order valence-electron chi connectivity index (χ1n) is 7.86. The van der Waals surface area contributed by atoms with Crippen molar-refractivity contribution in [2.75, 3.05) is 7.05 Å². The fourth-order valence-corrected chi connectivity index (χ4v) is 3.75. The van der Waals surface area contributed by atoms with Crippen molar-refractivity contribution in [2.24, 2.45) is 0 Å². The Bertz CT molecular complexity index is 719. The van der Waals surface area contributed by atoms with Crippen LogP contribution in [0.2, 0.25) is 0 Å². The first-order chi connectivity index (χ1) is 11.7. The van der Waals surface area contributed by atoms with Crippen LogP contribution in [0.5, 0.6) is 5.75 Å². The standard InChI is InChI=1S/C19H24FNOP.ClH.Ti/c1-12-8-14(19(2,3)4)10-17(18(12)22)23-16-7-6-15(20)9-13(16)11-21-5;;/h6-10,22-23H,11H2,1-5H3;1H;/q-1;;+2/p-1. The van der Waals surface area contributed by atoms with Crippen LogP contribution in [0.25, 0.3) is 5.32 Å². The molecule has 0 aliphatic rings. The van der Waals surface area contributed by atoms with E-state index >= 15 is 0 Å². The summed E-state index contributed by atoms with van der Waals surface area (Å²) >= 11 is 1.47. The molecular weight excluding hydrogens is 392 g/mol. The van der Waals surface area contributed by atoms with E-state index in [0.717, 1.165) is 21.7 Å². The number of aryl methyl sites for hydroxylation is 1. The van der Waals surface area contributed by atoms with E-state index < -0.39 is 0 Å². The Balaban J connectivity index is 0.00000151. The summed E-state index contributed by atoms with van der Waals surface area (Å²) in [5.74, 6) is 0.0843. The second kappa shape index (κ2) is 10.0. The molecule has 1 atom stereocenters. The summed E-state index contributed by atoms with van der Waals surface area (Å²) in [7, 11) is 6.64. The summed E-state index contributed by atoms with van der Waals surface area (Å²) in [6, 6.07) is 8.91. The Kier molecular flexibility index (Phi) is 9.08. The fraction of sp³-hybridized carbons (Fsp3) is 0.368. The van der Waals surface area contributed by atoms with Gasteiger partial charge in [-0.25, -0.2) is 4.39 Å². The molecule has 0 heterocycles. The molecule has 0 radical (unpaired) electrons. The van der Waals surface area contributed by atoms with E-state index in [4.69, 9.17) is 0 Å². The van der Waals surface area contributed by atoms with Crippen molar-refractivity contribution in [3.8, 4) is 5.75 Å². The molecule has 0 saturated heterocycles. The molecule has 0 spiro atoms. The Hall–Kier alpha value is -0.436. The van der Waals surface area contributed by atoms with Gasteiger partial charge in [0.15, 0.2) is 0 Å². The van der Waals surface area contributed by atoms with Crippen LogP contribution in [0, 0.1) is 12.7 Å². The average molecular weight is 416 g/mol. The Labute approximate surface area is 167 Å². The normalized spacial score (nSPS) is 11.4. The SMILES string of the molecule is C[N-]Cc1cc(F)ccc1Pc1cc(C(C)(C)C)cc(C)c1O.[Cl][Ti+]. The van der Waals surface area contributed by atoms with E-state index in [9.17, 15) is 9.50 Å². The monoisotopic (exact) mass is 415 g/mol. The number of hydrogen-bond donors (Lipinski definition) is 1. The van der Waals surface area contributed by atoms with Crippen molar-refractivity contribution in [3.05, 3.63) is 58.2 Å². The predicted molar refractivity (Wildman–Crippen MR) is 104 cm³/mol. The van der Waals surface area contributed by atoms with Crippen LogP contribution >= 0.6 is 17.9 Å². The molecule has 6 heteroatoms. The molecule has 0 aliphatic heterocycles. The molecule has 1 N–H and O–H groups in total. The summed E-state index contributed by atoms with van der Waals surface area (Å²) in [5, 5.41) is 16.5. The number of halogens is 2. The Morgan fingerprint density at radius 2 is 1.80 bits per heavy atom. The van der Waals surface area contributed by atoms with Crippen LogP contribution in [0.3, 0.4) is 0 Å². The van der Waals surface area contributed by atoms with Gasteiger partial charge in [-0.1, -0.05) is 47.0 Å². The molecular formula is C19H24ClFNOPTi. The number of hydrogen-bond acceptors (Lipinski definition) is 1. The maximum atomic E-state index is 13.5. The van der Waals surface area contributed by atoms with Gasteiger partial charge in [0.1, 0.15) is 11.6 Å².